The summed E-state index contributed by atoms with van der Waals surface area (Å²) in [7, 11) is -3.48. The zero-order valence-corrected chi connectivity index (χ0v) is 16.5. The fourth-order valence-electron chi connectivity index (χ4n) is 3.54. The van der Waals surface area contributed by atoms with E-state index in [4.69, 9.17) is 0 Å². The van der Waals surface area contributed by atoms with Crippen LogP contribution >= 0.6 is 0 Å². The number of hydrogen-bond donors (Lipinski definition) is 0. The van der Waals surface area contributed by atoms with Crippen molar-refractivity contribution in [2.75, 3.05) is 26.2 Å². The Kier molecular flexibility index (Phi) is 5.01. The minimum atomic E-state index is -3.48. The van der Waals surface area contributed by atoms with Gasteiger partial charge in [0.15, 0.2) is 0 Å². The molecule has 0 amide bonds. The third kappa shape index (κ3) is 3.46. The van der Waals surface area contributed by atoms with E-state index in [0.29, 0.717) is 43.1 Å². The molecule has 0 unspecified atom stereocenters. The lowest BCUT2D eigenvalue weighted by Gasteiger charge is -2.33. The molecule has 8 heteroatoms. The Labute approximate surface area is 163 Å². The first-order valence-electron chi connectivity index (χ1n) is 9.21. The Morgan fingerprint density at radius 3 is 2.18 bits per heavy atom. The molecule has 28 heavy (non-hydrogen) atoms. The standard InChI is InChI=1S/C20H22N4O3S/c1-16-18-9-5-6-10-19(18)20(25)24(21-16)15-22-11-13-23(14-12-22)28(26,27)17-7-3-2-4-8-17/h2-10H,11-15H2,1H3. The van der Waals surface area contributed by atoms with Crippen LogP contribution in [-0.2, 0) is 16.7 Å². The second kappa shape index (κ2) is 7.46. The van der Waals surface area contributed by atoms with Crippen molar-refractivity contribution in [2.24, 2.45) is 0 Å². The Morgan fingerprint density at radius 1 is 0.893 bits per heavy atom. The summed E-state index contributed by atoms with van der Waals surface area (Å²) in [5.41, 5.74) is 0.682. The SMILES string of the molecule is Cc1nn(CN2CCN(S(=O)(=O)c3ccccc3)CC2)c(=O)c2ccccc12. The van der Waals surface area contributed by atoms with Gasteiger partial charge in [0.05, 0.1) is 22.6 Å². The first kappa shape index (κ1) is 18.8. The molecule has 1 saturated heterocycles. The van der Waals surface area contributed by atoms with Crippen molar-refractivity contribution in [2.45, 2.75) is 18.5 Å². The maximum Gasteiger partial charge on any atom is 0.275 e. The molecule has 2 aromatic carbocycles. The number of aryl methyl sites for hydroxylation is 1. The topological polar surface area (TPSA) is 75.5 Å². The molecule has 0 bridgehead atoms. The normalized spacial score (nSPS) is 16.5. The van der Waals surface area contributed by atoms with E-state index in [1.54, 1.807) is 30.3 Å². The lowest BCUT2D eigenvalue weighted by atomic mass is 10.1. The van der Waals surface area contributed by atoms with Crippen molar-refractivity contribution in [3.8, 4) is 0 Å². The number of hydrogen-bond acceptors (Lipinski definition) is 5. The highest BCUT2D eigenvalue weighted by molar-refractivity contribution is 7.89. The predicted octanol–water partition coefficient (Wildman–Crippen LogP) is 1.67. The summed E-state index contributed by atoms with van der Waals surface area (Å²) < 4.78 is 28.4. The highest BCUT2D eigenvalue weighted by Crippen LogP contribution is 2.17. The minimum Gasteiger partial charge on any atom is -0.282 e. The van der Waals surface area contributed by atoms with Gasteiger partial charge in [0.1, 0.15) is 0 Å². The summed E-state index contributed by atoms with van der Waals surface area (Å²) in [6.45, 7) is 4.11. The van der Waals surface area contributed by atoms with Crippen molar-refractivity contribution in [1.82, 2.24) is 19.0 Å². The molecule has 1 aliphatic heterocycles. The van der Waals surface area contributed by atoms with Gasteiger partial charge in [0.25, 0.3) is 5.56 Å². The Bertz CT molecular complexity index is 1150. The van der Waals surface area contributed by atoms with Crippen LogP contribution in [0.4, 0.5) is 0 Å². The molecule has 0 saturated carbocycles. The lowest BCUT2D eigenvalue weighted by molar-refractivity contribution is 0.143. The smallest absolute Gasteiger partial charge is 0.275 e. The van der Waals surface area contributed by atoms with E-state index in [0.717, 1.165) is 11.1 Å². The quantitative estimate of drug-likeness (QED) is 0.668. The maximum absolute atomic E-state index is 12.7. The first-order valence-corrected chi connectivity index (χ1v) is 10.6. The van der Waals surface area contributed by atoms with Gasteiger partial charge in [0, 0.05) is 31.6 Å². The monoisotopic (exact) mass is 398 g/mol. The van der Waals surface area contributed by atoms with Crippen LogP contribution in [-0.4, -0.2) is 53.6 Å². The van der Waals surface area contributed by atoms with Gasteiger partial charge in [-0.1, -0.05) is 36.4 Å². The Balaban J connectivity index is 1.49. The third-order valence-electron chi connectivity index (χ3n) is 5.10. The summed E-state index contributed by atoms with van der Waals surface area (Å²) >= 11 is 0. The number of piperazine rings is 1. The van der Waals surface area contributed by atoms with Gasteiger partial charge in [0.2, 0.25) is 10.0 Å². The van der Waals surface area contributed by atoms with E-state index in [-0.39, 0.29) is 5.56 Å². The van der Waals surface area contributed by atoms with Gasteiger partial charge in [-0.15, -0.1) is 0 Å². The average molecular weight is 398 g/mol. The summed E-state index contributed by atoms with van der Waals surface area (Å²) in [6.07, 6.45) is 0. The molecular weight excluding hydrogens is 376 g/mol. The second-order valence-electron chi connectivity index (χ2n) is 6.91. The van der Waals surface area contributed by atoms with E-state index in [1.807, 2.05) is 31.2 Å². The number of benzene rings is 2. The van der Waals surface area contributed by atoms with Gasteiger partial charge in [-0.25, -0.2) is 13.1 Å². The number of sulfonamides is 1. The molecule has 0 atom stereocenters. The highest BCUT2D eigenvalue weighted by atomic mass is 32.2. The maximum atomic E-state index is 12.7. The van der Waals surface area contributed by atoms with Crippen LogP contribution in [0.3, 0.4) is 0 Å². The molecule has 1 aromatic heterocycles. The zero-order valence-electron chi connectivity index (χ0n) is 15.7. The molecule has 4 rings (SSSR count). The van der Waals surface area contributed by atoms with E-state index >= 15 is 0 Å². The van der Waals surface area contributed by atoms with Crippen LogP contribution in [0.5, 0.6) is 0 Å². The molecular formula is C20H22N4O3S. The molecule has 1 fully saturated rings. The number of aromatic nitrogens is 2. The molecule has 146 valence electrons. The fraction of sp³-hybridized carbons (Fsp3) is 0.300. The number of rotatable bonds is 4. The van der Waals surface area contributed by atoms with Gasteiger partial charge in [-0.2, -0.15) is 9.40 Å². The van der Waals surface area contributed by atoms with Gasteiger partial charge < -0.3 is 0 Å². The average Bonchev–Trinajstić information content (AvgIpc) is 2.73. The molecule has 0 spiro atoms. The molecule has 0 aliphatic carbocycles. The van der Waals surface area contributed by atoms with Crippen molar-refractivity contribution < 1.29 is 8.42 Å². The summed E-state index contributed by atoms with van der Waals surface area (Å²) in [5, 5.41) is 5.96. The van der Waals surface area contributed by atoms with E-state index in [2.05, 4.69) is 10.00 Å². The summed E-state index contributed by atoms with van der Waals surface area (Å²) in [4.78, 5) is 15.1. The molecule has 1 aliphatic rings. The van der Waals surface area contributed by atoms with Crippen molar-refractivity contribution in [1.29, 1.82) is 0 Å². The van der Waals surface area contributed by atoms with Gasteiger partial charge >= 0.3 is 0 Å². The Morgan fingerprint density at radius 2 is 1.50 bits per heavy atom. The molecule has 0 radical (unpaired) electrons. The van der Waals surface area contributed by atoms with E-state index in [9.17, 15) is 13.2 Å². The van der Waals surface area contributed by atoms with Gasteiger partial charge in [-0.05, 0) is 25.1 Å². The molecule has 7 nitrogen and oxygen atoms in total. The third-order valence-corrected chi connectivity index (χ3v) is 7.01. The van der Waals surface area contributed by atoms with Crippen LogP contribution < -0.4 is 5.56 Å². The zero-order chi connectivity index (χ0) is 19.7. The first-order chi connectivity index (χ1) is 13.5. The Hall–Kier alpha value is -2.55. The van der Waals surface area contributed by atoms with Crippen molar-refractivity contribution >= 4 is 20.8 Å². The fourth-order valence-corrected chi connectivity index (χ4v) is 4.99. The lowest BCUT2D eigenvalue weighted by Crippen LogP contribution is -2.49. The summed E-state index contributed by atoms with van der Waals surface area (Å²) in [6, 6.07) is 15.9. The molecule has 3 aromatic rings. The number of fused-ring (bicyclic) bond motifs is 1. The van der Waals surface area contributed by atoms with Crippen LogP contribution in [0.1, 0.15) is 5.69 Å². The van der Waals surface area contributed by atoms with Crippen molar-refractivity contribution in [3.05, 3.63) is 70.6 Å². The molecule has 0 N–H and O–H groups in total. The number of nitrogens with zero attached hydrogens (tertiary/aromatic N) is 4. The van der Waals surface area contributed by atoms with E-state index < -0.39 is 10.0 Å². The van der Waals surface area contributed by atoms with E-state index in [1.165, 1.54) is 8.99 Å². The second-order valence-corrected chi connectivity index (χ2v) is 8.85. The predicted molar refractivity (Wildman–Crippen MR) is 108 cm³/mol. The van der Waals surface area contributed by atoms with Crippen molar-refractivity contribution in [3.63, 3.8) is 0 Å². The largest absolute Gasteiger partial charge is 0.282 e. The van der Waals surface area contributed by atoms with Crippen LogP contribution in [0.25, 0.3) is 10.8 Å². The molecule has 2 heterocycles. The van der Waals surface area contributed by atoms with Crippen LogP contribution in [0.15, 0.2) is 64.3 Å². The highest BCUT2D eigenvalue weighted by Gasteiger charge is 2.28. The minimum absolute atomic E-state index is 0.125. The van der Waals surface area contributed by atoms with Crippen LogP contribution in [0, 0.1) is 6.92 Å². The summed E-state index contributed by atoms with van der Waals surface area (Å²) in [5.74, 6) is 0. The van der Waals surface area contributed by atoms with Crippen LogP contribution in [0.2, 0.25) is 0 Å². The van der Waals surface area contributed by atoms with Gasteiger partial charge in [-0.3, -0.25) is 9.69 Å².